The number of hydrogen-bond donors (Lipinski definition) is 2. The predicted molar refractivity (Wildman–Crippen MR) is 113 cm³/mol. The van der Waals surface area contributed by atoms with Gasteiger partial charge < -0.3 is 9.88 Å². The van der Waals surface area contributed by atoms with E-state index < -0.39 is 5.76 Å². The van der Waals surface area contributed by atoms with Crippen LogP contribution in [0, 0.1) is 11.8 Å². The van der Waals surface area contributed by atoms with E-state index in [4.69, 9.17) is 0 Å². The molecule has 31 heavy (non-hydrogen) atoms. The van der Waals surface area contributed by atoms with Crippen LogP contribution in [0.3, 0.4) is 0 Å². The number of anilines is 1. The number of allylic oxidation sites excluding steroid dienone is 2. The van der Waals surface area contributed by atoms with Crippen LogP contribution < -0.4 is 11.1 Å². The highest BCUT2D eigenvalue weighted by molar-refractivity contribution is 5.85. The van der Waals surface area contributed by atoms with Crippen LogP contribution in [-0.4, -0.2) is 35.7 Å². The molecule has 2 aliphatic carbocycles. The van der Waals surface area contributed by atoms with Crippen LogP contribution in [0.1, 0.15) is 52.4 Å². The van der Waals surface area contributed by atoms with E-state index in [1.54, 1.807) is 6.33 Å². The number of halogens is 1. The van der Waals surface area contributed by atoms with Gasteiger partial charge >= 0.3 is 5.76 Å². The van der Waals surface area contributed by atoms with Crippen molar-refractivity contribution in [1.29, 1.82) is 0 Å². The number of fused-ring (bicyclic) bond motifs is 1. The Hall–Kier alpha value is -3.04. The molecule has 3 aromatic heterocycles. The summed E-state index contributed by atoms with van der Waals surface area (Å²) >= 11 is 0. The van der Waals surface area contributed by atoms with Gasteiger partial charge in [-0.3, -0.25) is 9.51 Å². The zero-order valence-corrected chi connectivity index (χ0v) is 17.7. The first-order valence-electron chi connectivity index (χ1n) is 10.9. The Morgan fingerprint density at radius 3 is 2.87 bits per heavy atom. The summed E-state index contributed by atoms with van der Waals surface area (Å²) in [7, 11) is 0. The number of nitrogens with one attached hydrogen (secondary N) is 2. The van der Waals surface area contributed by atoms with E-state index in [1.807, 2.05) is 11.5 Å². The molecule has 2 N–H and O–H groups in total. The number of nitrogens with zero attached hydrogens (tertiary/aromatic N) is 5. The molecule has 164 valence electrons. The molecule has 3 heterocycles. The molecule has 5 rings (SSSR count). The fraction of sp³-hybridized carbons (Fsp3) is 0.571. The minimum Gasteiger partial charge on any atom is -0.365 e. The zero-order chi connectivity index (χ0) is 21.5. The summed E-state index contributed by atoms with van der Waals surface area (Å²) in [5.41, 5.74) is 2.14. The van der Waals surface area contributed by atoms with Gasteiger partial charge in [0, 0.05) is 19.0 Å². The van der Waals surface area contributed by atoms with Crippen molar-refractivity contribution in [3.8, 4) is 11.6 Å². The number of aromatic amines is 1. The molecule has 0 spiro atoms. The lowest BCUT2D eigenvalue weighted by molar-refractivity contribution is 0.285. The normalized spacial score (nSPS) is 20.8. The van der Waals surface area contributed by atoms with Crippen LogP contribution in [-0.2, 0) is 6.54 Å². The highest BCUT2D eigenvalue weighted by atomic mass is 19.1. The van der Waals surface area contributed by atoms with E-state index in [0.717, 1.165) is 23.9 Å². The first-order valence-corrected chi connectivity index (χ1v) is 10.9. The van der Waals surface area contributed by atoms with E-state index in [1.165, 1.54) is 19.3 Å². The summed E-state index contributed by atoms with van der Waals surface area (Å²) in [6.07, 6.45) is 7.55. The smallest absolute Gasteiger partial charge is 0.365 e. The highest BCUT2D eigenvalue weighted by Gasteiger charge is 2.27. The second-order valence-electron chi connectivity index (χ2n) is 8.83. The Balaban J connectivity index is 1.52. The lowest BCUT2D eigenvalue weighted by atomic mass is 9.80. The molecule has 2 aliphatic rings. The third-order valence-electron chi connectivity index (χ3n) is 6.66. The lowest BCUT2D eigenvalue weighted by Gasteiger charge is -2.32. The van der Waals surface area contributed by atoms with E-state index in [0.29, 0.717) is 30.3 Å². The Morgan fingerprint density at radius 1 is 1.35 bits per heavy atom. The van der Waals surface area contributed by atoms with Crippen molar-refractivity contribution in [1.82, 2.24) is 29.7 Å². The van der Waals surface area contributed by atoms with Crippen molar-refractivity contribution in [3.05, 3.63) is 28.3 Å². The molecule has 3 aromatic rings. The van der Waals surface area contributed by atoms with Gasteiger partial charge in [-0.25, -0.2) is 24.1 Å². The van der Waals surface area contributed by atoms with Crippen LogP contribution in [0.25, 0.3) is 22.8 Å². The average Bonchev–Trinajstić information content (AvgIpc) is 3.30. The lowest BCUT2D eigenvalue weighted by Crippen LogP contribution is -2.31. The maximum Gasteiger partial charge on any atom is 0.439 e. The summed E-state index contributed by atoms with van der Waals surface area (Å²) in [6.45, 7) is 4.67. The number of H-pyrrole nitrogens is 1. The van der Waals surface area contributed by atoms with Gasteiger partial charge in [0.15, 0.2) is 11.5 Å². The van der Waals surface area contributed by atoms with Crippen molar-refractivity contribution in [2.24, 2.45) is 11.8 Å². The van der Waals surface area contributed by atoms with Gasteiger partial charge in [0.05, 0.1) is 12.2 Å². The van der Waals surface area contributed by atoms with Gasteiger partial charge in [0.2, 0.25) is 11.6 Å². The van der Waals surface area contributed by atoms with Crippen molar-refractivity contribution in [2.75, 3.05) is 5.32 Å². The van der Waals surface area contributed by atoms with Gasteiger partial charge in [0.1, 0.15) is 5.52 Å². The molecule has 9 nitrogen and oxygen atoms in total. The summed E-state index contributed by atoms with van der Waals surface area (Å²) < 4.78 is 20.8. The van der Waals surface area contributed by atoms with Crippen molar-refractivity contribution in [2.45, 2.75) is 65.0 Å². The van der Waals surface area contributed by atoms with Crippen LogP contribution in [0.5, 0.6) is 0 Å². The molecule has 1 saturated carbocycles. The summed E-state index contributed by atoms with van der Waals surface area (Å²) in [5, 5.41) is 7.25. The number of rotatable bonds is 6. The van der Waals surface area contributed by atoms with Gasteiger partial charge in [-0.1, -0.05) is 11.6 Å². The average molecular weight is 427 g/mol. The molecule has 0 saturated heterocycles. The zero-order valence-electron chi connectivity index (χ0n) is 17.7. The fourth-order valence-corrected chi connectivity index (χ4v) is 4.44. The van der Waals surface area contributed by atoms with Gasteiger partial charge in [-0.15, -0.1) is 0 Å². The van der Waals surface area contributed by atoms with Crippen molar-refractivity contribution < 1.29 is 8.91 Å². The Kier molecular flexibility index (Phi) is 5.07. The van der Waals surface area contributed by atoms with Gasteiger partial charge in [-0.2, -0.15) is 0 Å². The Bertz CT molecular complexity index is 1190. The first-order chi connectivity index (χ1) is 15.0. The molecule has 0 radical (unpaired) electrons. The minimum atomic E-state index is -0.663. The quantitative estimate of drug-likeness (QED) is 0.615. The summed E-state index contributed by atoms with van der Waals surface area (Å²) in [4.78, 5) is 27.5. The molecular weight excluding hydrogens is 401 g/mol. The van der Waals surface area contributed by atoms with E-state index >= 15 is 0 Å². The van der Waals surface area contributed by atoms with Crippen molar-refractivity contribution >= 4 is 17.0 Å². The van der Waals surface area contributed by atoms with Crippen LogP contribution in [0.4, 0.5) is 10.2 Å². The molecule has 1 unspecified atom stereocenters. The molecule has 1 fully saturated rings. The maximum atomic E-state index is 14.2. The highest BCUT2D eigenvalue weighted by Crippen LogP contribution is 2.34. The summed E-state index contributed by atoms with van der Waals surface area (Å²) in [5.74, 6) is 1.19. The van der Waals surface area contributed by atoms with Crippen LogP contribution in [0.15, 0.2) is 27.0 Å². The largest absolute Gasteiger partial charge is 0.439 e. The number of aromatic nitrogens is 6. The molecule has 2 atom stereocenters. The van der Waals surface area contributed by atoms with Crippen LogP contribution in [0.2, 0.25) is 0 Å². The number of imidazole rings is 1. The molecule has 0 amide bonds. The Morgan fingerprint density at radius 2 is 2.19 bits per heavy atom. The van der Waals surface area contributed by atoms with Crippen LogP contribution >= 0.6 is 0 Å². The van der Waals surface area contributed by atoms with Gasteiger partial charge in [-0.05, 0) is 56.9 Å². The molecule has 0 aromatic carbocycles. The monoisotopic (exact) mass is 427 g/mol. The van der Waals surface area contributed by atoms with E-state index in [-0.39, 0.29) is 29.4 Å². The minimum absolute atomic E-state index is 0.00569. The van der Waals surface area contributed by atoms with Crippen molar-refractivity contribution in [3.63, 3.8) is 0 Å². The number of hydrogen-bond acceptors (Lipinski definition) is 7. The maximum absolute atomic E-state index is 14.2. The van der Waals surface area contributed by atoms with E-state index in [2.05, 4.69) is 41.9 Å². The van der Waals surface area contributed by atoms with E-state index in [9.17, 15) is 9.18 Å². The topological polar surface area (TPSA) is 115 Å². The second-order valence-corrected chi connectivity index (χ2v) is 8.83. The molecular formula is C21H26FN7O2. The Labute approximate surface area is 178 Å². The predicted octanol–water partition coefficient (Wildman–Crippen LogP) is 3.81. The standard InChI is InChI=1S/C21H26FN7O2/c1-11-6-7-13(8-15(11)22)9-29-10-23-17-16(29)18(24-12(2)14-4-3-5-14)26-19(25-17)20-27-21(30)31-28-20/h10,12-14H,3-9H2,1-2H3,(H,24,25,26)(H,27,28,30)/t12-,13?/m1/s1. The summed E-state index contributed by atoms with van der Waals surface area (Å²) in [6, 6.07) is 0.233. The molecule has 0 aliphatic heterocycles. The fourth-order valence-electron chi connectivity index (χ4n) is 4.44. The SMILES string of the molecule is CC1=C(F)CC(Cn2cnc3nc(-c4noc(=O)[nH]4)nc(N[C@H](C)C4CCC4)c32)CC1. The molecule has 0 bridgehead atoms. The first kappa shape index (κ1) is 19.9. The third-order valence-corrected chi connectivity index (χ3v) is 6.66. The van der Waals surface area contributed by atoms with Gasteiger partial charge in [0.25, 0.3) is 0 Å². The third kappa shape index (κ3) is 3.86. The molecule has 10 heteroatoms. The second kappa shape index (κ2) is 7.90.